The van der Waals surface area contributed by atoms with Crippen LogP contribution in [0.15, 0.2) is 0 Å². The van der Waals surface area contributed by atoms with Crippen LogP contribution in [0.2, 0.25) is 0 Å². The lowest BCUT2D eigenvalue weighted by atomic mass is 10.1. The summed E-state index contributed by atoms with van der Waals surface area (Å²) in [6.45, 7) is 15.6. The molecule has 1 aliphatic rings. The largest absolute Gasteiger partial charge is 0.314 e. The van der Waals surface area contributed by atoms with Gasteiger partial charge in [-0.2, -0.15) is 0 Å². The van der Waals surface area contributed by atoms with Crippen molar-refractivity contribution in [1.29, 1.82) is 0 Å². The van der Waals surface area contributed by atoms with E-state index in [9.17, 15) is 0 Å². The van der Waals surface area contributed by atoms with Crippen LogP contribution in [0.25, 0.3) is 0 Å². The zero-order chi connectivity index (χ0) is 13.9. The molecule has 0 aromatic rings. The van der Waals surface area contributed by atoms with Crippen LogP contribution in [0.3, 0.4) is 0 Å². The average molecular weight is 269 g/mol. The molecule has 3 heteroatoms. The van der Waals surface area contributed by atoms with Gasteiger partial charge in [0.15, 0.2) is 0 Å². The Balaban J connectivity index is 1.90. The minimum absolute atomic E-state index is 0.675. The van der Waals surface area contributed by atoms with Crippen molar-refractivity contribution in [3.63, 3.8) is 0 Å². The predicted octanol–water partition coefficient (Wildman–Crippen LogP) is 2.57. The molecule has 1 saturated heterocycles. The van der Waals surface area contributed by atoms with E-state index in [0.717, 1.165) is 0 Å². The third-order valence-corrected chi connectivity index (χ3v) is 4.35. The fourth-order valence-electron chi connectivity index (χ4n) is 2.92. The zero-order valence-corrected chi connectivity index (χ0v) is 13.5. The van der Waals surface area contributed by atoms with Gasteiger partial charge in [0.05, 0.1) is 0 Å². The van der Waals surface area contributed by atoms with Gasteiger partial charge in [-0.25, -0.2) is 0 Å². The van der Waals surface area contributed by atoms with Gasteiger partial charge in [0.2, 0.25) is 0 Å². The Labute approximate surface area is 120 Å². The van der Waals surface area contributed by atoms with Crippen LogP contribution in [-0.4, -0.2) is 61.7 Å². The van der Waals surface area contributed by atoms with Crippen molar-refractivity contribution in [2.75, 3.05) is 45.8 Å². The van der Waals surface area contributed by atoms with Crippen LogP contribution in [0.1, 0.15) is 52.9 Å². The highest BCUT2D eigenvalue weighted by atomic mass is 15.1. The van der Waals surface area contributed by atoms with Crippen LogP contribution in [0.5, 0.6) is 0 Å². The van der Waals surface area contributed by atoms with Gasteiger partial charge in [-0.05, 0) is 84.8 Å². The highest BCUT2D eigenvalue weighted by Gasteiger charge is 2.10. The second kappa shape index (κ2) is 10.6. The maximum Gasteiger partial charge on any atom is 0.00392 e. The number of hydrogen-bond donors (Lipinski definition) is 1. The molecule has 0 spiro atoms. The fourth-order valence-corrected chi connectivity index (χ4v) is 2.92. The van der Waals surface area contributed by atoms with E-state index >= 15 is 0 Å². The van der Waals surface area contributed by atoms with E-state index in [1.807, 2.05) is 0 Å². The monoisotopic (exact) mass is 269 g/mol. The Morgan fingerprint density at radius 3 is 2.42 bits per heavy atom. The Morgan fingerprint density at radius 1 is 1.11 bits per heavy atom. The summed E-state index contributed by atoms with van der Waals surface area (Å²) in [7, 11) is 0. The molecule has 1 atom stereocenters. The summed E-state index contributed by atoms with van der Waals surface area (Å²) >= 11 is 0. The molecule has 0 radical (unpaired) electrons. The molecule has 0 aromatic heterocycles. The molecule has 3 nitrogen and oxygen atoms in total. The molecule has 1 aliphatic heterocycles. The van der Waals surface area contributed by atoms with Crippen LogP contribution in [0.4, 0.5) is 0 Å². The Kier molecular flexibility index (Phi) is 9.48. The Bertz CT molecular complexity index is 198. The van der Waals surface area contributed by atoms with E-state index in [4.69, 9.17) is 0 Å². The highest BCUT2D eigenvalue weighted by molar-refractivity contribution is 4.68. The summed E-state index contributed by atoms with van der Waals surface area (Å²) in [5.74, 6) is 0. The van der Waals surface area contributed by atoms with Gasteiger partial charge in [-0.3, -0.25) is 0 Å². The second-order valence-electron chi connectivity index (χ2n) is 5.93. The van der Waals surface area contributed by atoms with E-state index in [-0.39, 0.29) is 0 Å². The van der Waals surface area contributed by atoms with Gasteiger partial charge in [-0.15, -0.1) is 0 Å². The molecule has 114 valence electrons. The summed E-state index contributed by atoms with van der Waals surface area (Å²) in [4.78, 5) is 5.12. The minimum Gasteiger partial charge on any atom is -0.314 e. The lowest BCUT2D eigenvalue weighted by Crippen LogP contribution is -2.31. The number of nitrogens with zero attached hydrogens (tertiary/aromatic N) is 2. The molecule has 0 aromatic carbocycles. The number of rotatable bonds is 11. The second-order valence-corrected chi connectivity index (χ2v) is 5.93. The fraction of sp³-hybridized carbons (Fsp3) is 1.00. The van der Waals surface area contributed by atoms with Crippen LogP contribution in [0, 0.1) is 0 Å². The summed E-state index contributed by atoms with van der Waals surface area (Å²) in [5.41, 5.74) is 0. The van der Waals surface area contributed by atoms with E-state index in [1.165, 1.54) is 77.9 Å². The number of hydrogen-bond acceptors (Lipinski definition) is 3. The first-order valence-corrected chi connectivity index (χ1v) is 8.44. The van der Waals surface area contributed by atoms with Crippen molar-refractivity contribution < 1.29 is 0 Å². The third-order valence-electron chi connectivity index (χ3n) is 4.35. The maximum atomic E-state index is 3.67. The molecule has 0 amide bonds. The summed E-state index contributed by atoms with van der Waals surface area (Å²) < 4.78 is 0. The molecule has 0 saturated carbocycles. The van der Waals surface area contributed by atoms with Crippen molar-refractivity contribution in [1.82, 2.24) is 15.1 Å². The van der Waals surface area contributed by atoms with Crippen molar-refractivity contribution in [2.45, 2.75) is 58.9 Å². The van der Waals surface area contributed by atoms with Gasteiger partial charge < -0.3 is 15.1 Å². The van der Waals surface area contributed by atoms with Crippen LogP contribution < -0.4 is 5.32 Å². The minimum atomic E-state index is 0.675. The standard InChI is InChI=1S/C16H35N3/c1-4-18(5-2)14-8-10-16(3)17-11-9-15-19-12-6-7-13-19/h16-17H,4-15H2,1-3H3. The predicted molar refractivity (Wildman–Crippen MR) is 84.8 cm³/mol. The lowest BCUT2D eigenvalue weighted by Gasteiger charge is -2.20. The maximum absolute atomic E-state index is 3.67. The first-order valence-electron chi connectivity index (χ1n) is 8.44. The van der Waals surface area contributed by atoms with Gasteiger partial charge in [-0.1, -0.05) is 13.8 Å². The molecule has 1 fully saturated rings. The van der Waals surface area contributed by atoms with Crippen LogP contribution in [-0.2, 0) is 0 Å². The summed E-state index contributed by atoms with van der Waals surface area (Å²) in [6.07, 6.45) is 6.76. The van der Waals surface area contributed by atoms with Gasteiger partial charge in [0.1, 0.15) is 0 Å². The van der Waals surface area contributed by atoms with E-state index in [1.54, 1.807) is 0 Å². The molecule has 1 N–H and O–H groups in total. The topological polar surface area (TPSA) is 18.5 Å². The SMILES string of the molecule is CCN(CC)CCCC(C)NCCCN1CCCC1. The van der Waals surface area contributed by atoms with Gasteiger partial charge in [0.25, 0.3) is 0 Å². The third kappa shape index (κ3) is 7.91. The first-order chi connectivity index (χ1) is 9.26. The Morgan fingerprint density at radius 2 is 1.79 bits per heavy atom. The Hall–Kier alpha value is -0.120. The van der Waals surface area contributed by atoms with Gasteiger partial charge >= 0.3 is 0 Å². The first kappa shape index (κ1) is 16.9. The normalized spacial score (nSPS) is 18.3. The molecule has 19 heavy (non-hydrogen) atoms. The number of likely N-dealkylation sites (tertiary alicyclic amines) is 1. The van der Waals surface area contributed by atoms with Crippen molar-refractivity contribution in [2.24, 2.45) is 0 Å². The van der Waals surface area contributed by atoms with Crippen molar-refractivity contribution >= 4 is 0 Å². The van der Waals surface area contributed by atoms with E-state index in [0.29, 0.717) is 6.04 Å². The zero-order valence-electron chi connectivity index (χ0n) is 13.5. The van der Waals surface area contributed by atoms with Gasteiger partial charge in [0, 0.05) is 6.04 Å². The molecular formula is C16H35N3. The molecule has 0 aliphatic carbocycles. The average Bonchev–Trinajstić information content (AvgIpc) is 2.93. The number of nitrogens with one attached hydrogen (secondary N) is 1. The van der Waals surface area contributed by atoms with Crippen molar-refractivity contribution in [3.05, 3.63) is 0 Å². The van der Waals surface area contributed by atoms with Crippen molar-refractivity contribution in [3.8, 4) is 0 Å². The molecule has 1 rings (SSSR count). The molecule has 0 bridgehead atoms. The van der Waals surface area contributed by atoms with E-state index in [2.05, 4.69) is 35.9 Å². The smallest absolute Gasteiger partial charge is 0.00392 e. The van der Waals surface area contributed by atoms with Crippen LogP contribution >= 0.6 is 0 Å². The molecule has 1 heterocycles. The summed E-state index contributed by atoms with van der Waals surface area (Å²) in [5, 5.41) is 3.67. The van der Waals surface area contributed by atoms with E-state index < -0.39 is 0 Å². The quantitative estimate of drug-likeness (QED) is 0.582. The highest BCUT2D eigenvalue weighted by Crippen LogP contribution is 2.07. The molecular weight excluding hydrogens is 234 g/mol. The summed E-state index contributed by atoms with van der Waals surface area (Å²) in [6, 6.07) is 0.675. The molecule has 1 unspecified atom stereocenters. The lowest BCUT2D eigenvalue weighted by molar-refractivity contribution is 0.289.